The third kappa shape index (κ3) is 2.81. The summed E-state index contributed by atoms with van der Waals surface area (Å²) < 4.78 is 32.2. The zero-order chi connectivity index (χ0) is 15.0. The summed E-state index contributed by atoms with van der Waals surface area (Å²) in [6.07, 6.45) is 1.56. The van der Waals surface area contributed by atoms with Crippen molar-refractivity contribution in [1.82, 2.24) is 9.29 Å². The first-order valence-electron chi connectivity index (χ1n) is 6.60. The van der Waals surface area contributed by atoms with Gasteiger partial charge in [0.25, 0.3) is 5.19 Å². The molecule has 5 nitrogen and oxygen atoms in total. The van der Waals surface area contributed by atoms with Crippen LogP contribution in [0.15, 0.2) is 34.7 Å². The number of hydrogen-bond acceptors (Lipinski definition) is 5. The summed E-state index contributed by atoms with van der Waals surface area (Å²) in [6, 6.07) is 5.38. The normalized spacial score (nSPS) is 16.7. The molecule has 0 saturated carbocycles. The Hall–Kier alpha value is -1.44. The van der Waals surface area contributed by atoms with Crippen LogP contribution in [-0.4, -0.2) is 36.9 Å². The molecule has 1 aromatic heterocycles. The molecule has 1 aromatic carbocycles. The molecule has 1 fully saturated rings. The number of nitrogens with zero attached hydrogens (tertiary/aromatic N) is 2. The van der Waals surface area contributed by atoms with Crippen LogP contribution in [-0.2, 0) is 10.0 Å². The van der Waals surface area contributed by atoms with Gasteiger partial charge in [-0.15, -0.1) is 0 Å². The molecule has 3 rings (SSSR count). The highest BCUT2D eigenvalue weighted by molar-refractivity contribution is 7.89. The van der Waals surface area contributed by atoms with Crippen LogP contribution < -0.4 is 4.74 Å². The summed E-state index contributed by atoms with van der Waals surface area (Å²) in [7, 11) is -3.43. The van der Waals surface area contributed by atoms with E-state index in [4.69, 9.17) is 4.74 Å². The van der Waals surface area contributed by atoms with Gasteiger partial charge < -0.3 is 4.74 Å². The number of benzene rings is 1. The van der Waals surface area contributed by atoms with Gasteiger partial charge in [0.15, 0.2) is 0 Å². The van der Waals surface area contributed by atoms with E-state index in [0.29, 0.717) is 23.2 Å². The summed E-state index contributed by atoms with van der Waals surface area (Å²) in [4.78, 5) is 4.41. The number of hydrogen-bond donors (Lipinski definition) is 0. The lowest BCUT2D eigenvalue weighted by Crippen LogP contribution is -2.56. The molecule has 2 aromatic rings. The van der Waals surface area contributed by atoms with Gasteiger partial charge in [0, 0.05) is 11.6 Å². The van der Waals surface area contributed by atoms with Crippen LogP contribution in [0.25, 0.3) is 0 Å². The van der Waals surface area contributed by atoms with E-state index in [1.807, 2.05) is 31.4 Å². The van der Waals surface area contributed by atoms with Gasteiger partial charge in [0.2, 0.25) is 10.0 Å². The van der Waals surface area contributed by atoms with Gasteiger partial charge in [-0.2, -0.15) is 4.31 Å². The molecule has 112 valence electrons. The van der Waals surface area contributed by atoms with Gasteiger partial charge in [-0.05, 0) is 25.5 Å². The Kier molecular flexibility index (Phi) is 3.73. The Bertz CT molecular complexity index is 736. The highest BCUT2D eigenvalue weighted by Gasteiger charge is 2.39. The second-order valence-corrected chi connectivity index (χ2v) is 7.89. The predicted molar refractivity (Wildman–Crippen MR) is 81.2 cm³/mol. The highest BCUT2D eigenvalue weighted by atomic mass is 32.2. The van der Waals surface area contributed by atoms with Crippen molar-refractivity contribution in [1.29, 1.82) is 0 Å². The van der Waals surface area contributed by atoms with Crippen LogP contribution >= 0.6 is 11.3 Å². The maximum absolute atomic E-state index is 12.6. The predicted octanol–water partition coefficient (Wildman–Crippen LogP) is 2.21. The van der Waals surface area contributed by atoms with Crippen molar-refractivity contribution in [3.05, 3.63) is 40.9 Å². The van der Waals surface area contributed by atoms with E-state index in [1.54, 1.807) is 12.3 Å². The summed E-state index contributed by atoms with van der Waals surface area (Å²) in [5, 5.41) is 2.42. The summed E-state index contributed by atoms with van der Waals surface area (Å²) in [6.45, 7) is 4.51. The van der Waals surface area contributed by atoms with E-state index in [2.05, 4.69) is 4.98 Å². The third-order valence-corrected chi connectivity index (χ3v) is 6.09. The molecule has 0 spiro atoms. The Morgan fingerprint density at radius 3 is 2.71 bits per heavy atom. The molecule has 0 unspecified atom stereocenters. The lowest BCUT2D eigenvalue weighted by atomic mass is 10.2. The molecule has 2 heterocycles. The van der Waals surface area contributed by atoms with E-state index in [1.165, 1.54) is 15.6 Å². The lowest BCUT2D eigenvalue weighted by molar-refractivity contribution is 0.0759. The number of rotatable bonds is 4. The maximum atomic E-state index is 12.6. The first-order valence-corrected chi connectivity index (χ1v) is 8.92. The number of aryl methyl sites for hydroxylation is 2. The standard InChI is InChI=1S/C14H16N2O3S2/c1-10-3-4-13(11(2)7-10)21(17,18)16-8-12(9-16)19-14-15-5-6-20-14/h3-7,12H,8-9H2,1-2H3. The Labute approximate surface area is 128 Å². The van der Waals surface area contributed by atoms with Gasteiger partial charge >= 0.3 is 0 Å². The van der Waals surface area contributed by atoms with Crippen molar-refractivity contribution in [2.75, 3.05) is 13.1 Å². The fourth-order valence-electron chi connectivity index (χ4n) is 2.31. The van der Waals surface area contributed by atoms with E-state index in [-0.39, 0.29) is 6.10 Å². The van der Waals surface area contributed by atoms with Crippen LogP contribution in [0.1, 0.15) is 11.1 Å². The molecule has 0 radical (unpaired) electrons. The van der Waals surface area contributed by atoms with Crippen LogP contribution in [0.5, 0.6) is 5.19 Å². The van der Waals surface area contributed by atoms with Crippen LogP contribution in [0.2, 0.25) is 0 Å². The zero-order valence-electron chi connectivity index (χ0n) is 11.8. The maximum Gasteiger partial charge on any atom is 0.273 e. The Morgan fingerprint density at radius 2 is 2.10 bits per heavy atom. The van der Waals surface area contributed by atoms with Crippen molar-refractivity contribution in [3.8, 4) is 5.19 Å². The second kappa shape index (κ2) is 5.40. The van der Waals surface area contributed by atoms with E-state index < -0.39 is 10.0 Å². The molecule has 1 saturated heterocycles. The van der Waals surface area contributed by atoms with Crippen LogP contribution in [0.3, 0.4) is 0 Å². The zero-order valence-corrected chi connectivity index (χ0v) is 13.4. The fraction of sp³-hybridized carbons (Fsp3) is 0.357. The SMILES string of the molecule is Cc1ccc(S(=O)(=O)N2CC(Oc3nccs3)C2)c(C)c1. The average molecular weight is 324 g/mol. The molecule has 0 amide bonds. The highest BCUT2D eigenvalue weighted by Crippen LogP contribution is 2.27. The molecule has 1 aliphatic rings. The molecule has 0 atom stereocenters. The van der Waals surface area contributed by atoms with E-state index in [9.17, 15) is 8.42 Å². The molecular formula is C14H16N2O3S2. The third-order valence-electron chi connectivity index (χ3n) is 3.44. The molecule has 0 aliphatic carbocycles. The quantitative estimate of drug-likeness (QED) is 0.865. The van der Waals surface area contributed by atoms with E-state index in [0.717, 1.165) is 11.1 Å². The van der Waals surface area contributed by atoms with Gasteiger partial charge in [-0.1, -0.05) is 29.0 Å². The van der Waals surface area contributed by atoms with Crippen molar-refractivity contribution < 1.29 is 13.2 Å². The monoisotopic (exact) mass is 324 g/mol. The van der Waals surface area contributed by atoms with Crippen LogP contribution in [0.4, 0.5) is 0 Å². The van der Waals surface area contributed by atoms with Crippen molar-refractivity contribution in [2.24, 2.45) is 0 Å². The summed E-state index contributed by atoms with van der Waals surface area (Å²) in [5.74, 6) is 0. The van der Waals surface area contributed by atoms with Crippen molar-refractivity contribution in [2.45, 2.75) is 24.8 Å². The molecule has 21 heavy (non-hydrogen) atoms. The van der Waals surface area contributed by atoms with Gasteiger partial charge in [-0.3, -0.25) is 0 Å². The lowest BCUT2D eigenvalue weighted by Gasteiger charge is -2.37. The van der Waals surface area contributed by atoms with E-state index >= 15 is 0 Å². The minimum Gasteiger partial charge on any atom is -0.464 e. The van der Waals surface area contributed by atoms with Gasteiger partial charge in [0.05, 0.1) is 18.0 Å². The number of sulfonamides is 1. The first-order chi connectivity index (χ1) is 9.96. The topological polar surface area (TPSA) is 59.5 Å². The van der Waals surface area contributed by atoms with Gasteiger partial charge in [-0.25, -0.2) is 13.4 Å². The van der Waals surface area contributed by atoms with Crippen molar-refractivity contribution >= 4 is 21.4 Å². The Balaban J connectivity index is 1.70. The largest absolute Gasteiger partial charge is 0.464 e. The summed E-state index contributed by atoms with van der Waals surface area (Å²) in [5.41, 5.74) is 1.83. The first kappa shape index (κ1) is 14.5. The molecule has 0 N–H and O–H groups in total. The van der Waals surface area contributed by atoms with Gasteiger partial charge in [0.1, 0.15) is 6.10 Å². The second-order valence-electron chi connectivity index (χ2n) is 5.13. The Morgan fingerprint density at radius 1 is 1.33 bits per heavy atom. The molecule has 0 bridgehead atoms. The van der Waals surface area contributed by atoms with Crippen molar-refractivity contribution in [3.63, 3.8) is 0 Å². The average Bonchev–Trinajstić information content (AvgIpc) is 2.85. The summed E-state index contributed by atoms with van der Waals surface area (Å²) >= 11 is 1.41. The number of thiazole rings is 1. The molecular weight excluding hydrogens is 308 g/mol. The molecule has 7 heteroatoms. The smallest absolute Gasteiger partial charge is 0.273 e. The number of aromatic nitrogens is 1. The molecule has 1 aliphatic heterocycles. The van der Waals surface area contributed by atoms with Crippen LogP contribution in [0, 0.1) is 13.8 Å². The minimum absolute atomic E-state index is 0.114. The number of ether oxygens (including phenoxy) is 1. The minimum atomic E-state index is -3.43. The fourth-order valence-corrected chi connectivity index (χ4v) is 4.57.